The summed E-state index contributed by atoms with van der Waals surface area (Å²) in [7, 11) is 0. The van der Waals surface area contributed by atoms with E-state index in [-0.39, 0.29) is 19.1 Å². The van der Waals surface area contributed by atoms with Crippen molar-refractivity contribution in [1.29, 1.82) is 0 Å². The molecular weight excluding hydrogens is 220 g/mol. The first-order valence-corrected chi connectivity index (χ1v) is 5.63. The maximum Gasteiger partial charge on any atom is 0.224 e. The Bertz CT molecular complexity index is 420. The lowest BCUT2D eigenvalue weighted by Gasteiger charge is -2.18. The zero-order chi connectivity index (χ0) is 12.3. The highest BCUT2D eigenvalue weighted by Crippen LogP contribution is 2.26. The van der Waals surface area contributed by atoms with Crippen molar-refractivity contribution in [3.63, 3.8) is 0 Å². The van der Waals surface area contributed by atoms with E-state index in [0.717, 1.165) is 17.7 Å². The van der Waals surface area contributed by atoms with E-state index in [1.54, 1.807) is 6.07 Å². The lowest BCUT2D eigenvalue weighted by molar-refractivity contribution is -0.116. The fourth-order valence-corrected chi connectivity index (χ4v) is 1.71. The molecule has 2 rings (SSSR count). The molecule has 1 aliphatic rings. The summed E-state index contributed by atoms with van der Waals surface area (Å²) in [6, 6.07) is 5.47. The number of fused-ring (bicyclic) bond motifs is 1. The molecule has 0 bridgehead atoms. The number of nitrogens with two attached hydrogens (primary N) is 1. The quantitative estimate of drug-likeness (QED) is 0.700. The number of ether oxygens (including phenoxy) is 1. The van der Waals surface area contributed by atoms with Crippen LogP contribution in [0.1, 0.15) is 12.0 Å². The van der Waals surface area contributed by atoms with Crippen LogP contribution < -0.4 is 15.8 Å². The zero-order valence-corrected chi connectivity index (χ0v) is 9.48. The number of hydrogen-bond acceptors (Lipinski definition) is 4. The molecule has 1 aromatic rings. The van der Waals surface area contributed by atoms with Crippen molar-refractivity contribution in [2.24, 2.45) is 5.73 Å². The van der Waals surface area contributed by atoms with E-state index >= 15 is 0 Å². The summed E-state index contributed by atoms with van der Waals surface area (Å²) in [4.78, 5) is 11.2. The van der Waals surface area contributed by atoms with Gasteiger partial charge in [-0.25, -0.2) is 0 Å². The first-order chi connectivity index (χ1) is 8.19. The average molecular weight is 236 g/mol. The summed E-state index contributed by atoms with van der Waals surface area (Å²) < 4.78 is 5.41. The topological polar surface area (TPSA) is 84.6 Å². The fourth-order valence-electron chi connectivity index (χ4n) is 1.71. The number of aliphatic hydroxyl groups is 1. The number of aryl methyl sites for hydroxylation is 1. The largest absolute Gasteiger partial charge is 0.491 e. The molecule has 0 radical (unpaired) electrons. The van der Waals surface area contributed by atoms with Gasteiger partial charge in [0.05, 0.1) is 0 Å². The van der Waals surface area contributed by atoms with Gasteiger partial charge in [0.2, 0.25) is 5.91 Å². The van der Waals surface area contributed by atoms with E-state index in [2.05, 4.69) is 5.32 Å². The molecule has 92 valence electrons. The summed E-state index contributed by atoms with van der Waals surface area (Å²) in [5, 5.41) is 12.1. The molecule has 0 aromatic heterocycles. The smallest absolute Gasteiger partial charge is 0.224 e. The van der Waals surface area contributed by atoms with Gasteiger partial charge in [0, 0.05) is 18.7 Å². The number of nitrogens with one attached hydrogen (secondary N) is 1. The van der Waals surface area contributed by atoms with Crippen molar-refractivity contribution >= 4 is 11.6 Å². The van der Waals surface area contributed by atoms with E-state index < -0.39 is 6.10 Å². The van der Waals surface area contributed by atoms with Crippen LogP contribution in [0.3, 0.4) is 0 Å². The van der Waals surface area contributed by atoms with Crippen LogP contribution in [0.15, 0.2) is 18.2 Å². The number of carbonyl (C=O) groups is 1. The summed E-state index contributed by atoms with van der Waals surface area (Å²) in [5.74, 6) is 0.733. The van der Waals surface area contributed by atoms with Crippen LogP contribution >= 0.6 is 0 Å². The molecule has 0 fully saturated rings. The normalized spacial score (nSPS) is 16.0. The highest BCUT2D eigenvalue weighted by Gasteiger charge is 2.15. The lowest BCUT2D eigenvalue weighted by atomic mass is 10.0. The van der Waals surface area contributed by atoms with Gasteiger partial charge in [-0.05, 0) is 30.2 Å². The summed E-state index contributed by atoms with van der Waals surface area (Å²) in [5.41, 5.74) is 7.19. The van der Waals surface area contributed by atoms with Crippen LogP contribution in [0, 0.1) is 0 Å². The molecule has 1 atom stereocenters. The summed E-state index contributed by atoms with van der Waals surface area (Å²) >= 11 is 0. The van der Waals surface area contributed by atoms with Gasteiger partial charge in [-0.3, -0.25) is 4.79 Å². The second-order valence-corrected chi connectivity index (χ2v) is 4.07. The first kappa shape index (κ1) is 11.9. The zero-order valence-electron chi connectivity index (χ0n) is 9.48. The van der Waals surface area contributed by atoms with Crippen LogP contribution in [-0.4, -0.2) is 30.3 Å². The Morgan fingerprint density at radius 2 is 2.29 bits per heavy atom. The Morgan fingerprint density at radius 3 is 3.06 bits per heavy atom. The third kappa shape index (κ3) is 2.95. The number of benzene rings is 1. The summed E-state index contributed by atoms with van der Waals surface area (Å²) in [6.07, 6.45) is 0.574. The Kier molecular flexibility index (Phi) is 3.61. The Labute approximate surface area is 99.6 Å². The van der Waals surface area contributed by atoms with Gasteiger partial charge < -0.3 is 20.9 Å². The molecule has 5 nitrogen and oxygen atoms in total. The number of hydrogen-bond donors (Lipinski definition) is 3. The lowest BCUT2D eigenvalue weighted by Crippen LogP contribution is -2.26. The molecule has 17 heavy (non-hydrogen) atoms. The minimum atomic E-state index is -0.647. The molecule has 1 heterocycles. The van der Waals surface area contributed by atoms with Crippen LogP contribution in [0.25, 0.3) is 0 Å². The van der Waals surface area contributed by atoms with Gasteiger partial charge in [0.25, 0.3) is 0 Å². The maximum absolute atomic E-state index is 11.2. The van der Waals surface area contributed by atoms with Gasteiger partial charge in [0.15, 0.2) is 0 Å². The molecule has 0 saturated heterocycles. The van der Waals surface area contributed by atoms with Crippen LogP contribution in [0.5, 0.6) is 5.75 Å². The van der Waals surface area contributed by atoms with E-state index in [0.29, 0.717) is 12.2 Å². The molecule has 5 heteroatoms. The second-order valence-electron chi connectivity index (χ2n) is 4.07. The molecule has 1 unspecified atom stereocenters. The van der Waals surface area contributed by atoms with Crippen molar-refractivity contribution in [2.45, 2.75) is 18.9 Å². The monoisotopic (exact) mass is 236 g/mol. The summed E-state index contributed by atoms with van der Waals surface area (Å²) in [6.45, 7) is 0.364. The molecule has 0 spiro atoms. The first-order valence-electron chi connectivity index (χ1n) is 5.63. The minimum Gasteiger partial charge on any atom is -0.491 e. The van der Waals surface area contributed by atoms with Crippen LogP contribution in [0.4, 0.5) is 5.69 Å². The number of anilines is 1. The highest BCUT2D eigenvalue weighted by molar-refractivity contribution is 5.93. The van der Waals surface area contributed by atoms with Crippen molar-refractivity contribution in [2.75, 3.05) is 18.5 Å². The van der Waals surface area contributed by atoms with Crippen LogP contribution in [0.2, 0.25) is 0 Å². The van der Waals surface area contributed by atoms with Crippen molar-refractivity contribution in [3.05, 3.63) is 23.8 Å². The van der Waals surface area contributed by atoms with Crippen molar-refractivity contribution in [3.8, 4) is 5.75 Å². The van der Waals surface area contributed by atoms with E-state index in [1.165, 1.54) is 0 Å². The Morgan fingerprint density at radius 1 is 1.47 bits per heavy atom. The average Bonchev–Trinajstić information content (AvgIpc) is 2.35. The van der Waals surface area contributed by atoms with Gasteiger partial charge in [-0.1, -0.05) is 0 Å². The van der Waals surface area contributed by atoms with E-state index in [9.17, 15) is 9.90 Å². The van der Waals surface area contributed by atoms with E-state index in [4.69, 9.17) is 10.5 Å². The number of aliphatic hydroxyl groups excluding tert-OH is 1. The third-order valence-corrected chi connectivity index (χ3v) is 2.69. The molecule has 1 aromatic carbocycles. The molecule has 0 saturated carbocycles. The van der Waals surface area contributed by atoms with Crippen LogP contribution in [-0.2, 0) is 11.2 Å². The molecule has 4 N–H and O–H groups in total. The van der Waals surface area contributed by atoms with Crippen molar-refractivity contribution < 1.29 is 14.6 Å². The Hall–Kier alpha value is -1.59. The predicted molar refractivity (Wildman–Crippen MR) is 63.9 cm³/mol. The number of carbonyl (C=O) groups excluding carboxylic acids is 1. The number of rotatable bonds is 4. The third-order valence-electron chi connectivity index (χ3n) is 2.69. The molecular formula is C12H16N2O3. The van der Waals surface area contributed by atoms with Gasteiger partial charge in [-0.15, -0.1) is 0 Å². The highest BCUT2D eigenvalue weighted by atomic mass is 16.5. The van der Waals surface area contributed by atoms with Gasteiger partial charge in [0.1, 0.15) is 18.5 Å². The molecule has 0 aliphatic carbocycles. The van der Waals surface area contributed by atoms with E-state index in [1.807, 2.05) is 12.1 Å². The van der Waals surface area contributed by atoms with Crippen molar-refractivity contribution in [1.82, 2.24) is 0 Å². The maximum atomic E-state index is 11.2. The fraction of sp³-hybridized carbons (Fsp3) is 0.417. The standard InChI is InChI=1S/C12H16N2O3/c13-6-9(15)7-17-10-2-3-11-8(5-10)1-4-12(16)14-11/h2-3,5,9,15H,1,4,6-7,13H2,(H,14,16). The molecule has 1 aliphatic heterocycles. The second kappa shape index (κ2) is 5.16. The van der Waals surface area contributed by atoms with Gasteiger partial charge in [-0.2, -0.15) is 0 Å². The Balaban J connectivity index is 2.04. The number of amides is 1. The minimum absolute atomic E-state index is 0.0460. The van der Waals surface area contributed by atoms with Gasteiger partial charge >= 0.3 is 0 Å². The molecule has 1 amide bonds. The SMILES string of the molecule is NCC(O)COc1ccc2c(c1)CCC(=O)N2. The predicted octanol–water partition coefficient (Wildman–Crippen LogP) is 0.270.